The third kappa shape index (κ3) is 8.88. The van der Waals surface area contributed by atoms with Gasteiger partial charge in [-0.15, -0.1) is 0 Å². The molecule has 0 aromatic carbocycles. The molecule has 4 heavy (non-hydrogen) atoms. The summed E-state index contributed by atoms with van der Waals surface area (Å²) in [4.78, 5) is 0. The van der Waals surface area contributed by atoms with E-state index in [4.69, 9.17) is 0 Å². The Labute approximate surface area is 54.5 Å². The molecule has 0 aliphatic heterocycles. The summed E-state index contributed by atoms with van der Waals surface area (Å²) >= 11 is 2.74. The maximum absolute atomic E-state index is 2.68. The molecule has 0 bridgehead atoms. The van der Waals surface area contributed by atoms with Gasteiger partial charge in [-0.05, 0) is 0 Å². The van der Waals surface area contributed by atoms with E-state index in [0.29, 0.717) is 13.1 Å². The van der Waals surface area contributed by atoms with Crippen molar-refractivity contribution in [1.82, 2.24) is 0 Å². The Kier molecular flexibility index (Phi) is 21.3. The number of rotatable bonds is 0. The van der Waals surface area contributed by atoms with Crippen molar-refractivity contribution >= 4 is 7.71 Å². The van der Waals surface area contributed by atoms with Crippen molar-refractivity contribution in [3.05, 3.63) is 0 Å². The second kappa shape index (κ2) is 8.96. The van der Waals surface area contributed by atoms with Crippen LogP contribution in [0.1, 0.15) is 0 Å². The Balaban J connectivity index is 0. The Bertz CT molecular complexity index is 8.00. The van der Waals surface area contributed by atoms with Crippen LogP contribution in [0.2, 0.25) is 0 Å². The van der Waals surface area contributed by atoms with E-state index in [1.807, 2.05) is 0 Å². The molecular formula is H2CoMoPV. The molecule has 0 spiro atoms. The SMILES string of the molecule is [Co].[PH2][V][Mo]. The first-order chi connectivity index (χ1) is 1.41. The molecule has 0 aromatic rings. The molecule has 0 amide bonds. The van der Waals surface area contributed by atoms with Crippen LogP contribution >= 0.6 is 7.71 Å². The zero-order chi connectivity index (χ0) is 2.71. The maximum atomic E-state index is 2.68. The van der Waals surface area contributed by atoms with Crippen molar-refractivity contribution in [3.63, 3.8) is 0 Å². The second-order valence-electron chi connectivity index (χ2n) is 0.105. The van der Waals surface area contributed by atoms with Gasteiger partial charge in [-0.25, -0.2) is 0 Å². The molecule has 1 atom stereocenters. The van der Waals surface area contributed by atoms with Gasteiger partial charge in [0.15, 0.2) is 0 Å². The summed E-state index contributed by atoms with van der Waals surface area (Å²) in [6.07, 6.45) is 0. The first kappa shape index (κ1) is 9.51. The van der Waals surface area contributed by atoms with E-state index >= 15 is 0 Å². The van der Waals surface area contributed by atoms with E-state index in [9.17, 15) is 0 Å². The minimum atomic E-state index is 0. The van der Waals surface area contributed by atoms with Crippen LogP contribution in [0, 0.1) is 0 Å². The molecule has 0 heterocycles. The van der Waals surface area contributed by atoms with E-state index in [1.165, 1.54) is 0 Å². The molecule has 0 aliphatic carbocycles. The van der Waals surface area contributed by atoms with Crippen molar-refractivity contribution in [3.8, 4) is 0 Å². The monoisotopic (exact) mass is 241 g/mol. The average molecular weight is 239 g/mol. The second-order valence-corrected chi connectivity index (χ2v) is 7.71. The van der Waals surface area contributed by atoms with Crippen LogP contribution in [0.5, 0.6) is 0 Å². The predicted octanol–water partition coefficient (Wildman–Crippen LogP) is 0.318. The molecule has 0 saturated carbocycles. The van der Waals surface area contributed by atoms with Crippen molar-refractivity contribution < 1.29 is 47.2 Å². The zero-order valence-electron chi connectivity index (χ0n) is 1.77. The van der Waals surface area contributed by atoms with Crippen molar-refractivity contribution in [2.24, 2.45) is 0 Å². The topological polar surface area (TPSA) is 0 Å². The molecule has 0 rings (SSSR count). The Hall–Kier alpha value is 2.21. The first-order valence-corrected chi connectivity index (χ1v) is 7.65. The van der Waals surface area contributed by atoms with Crippen LogP contribution in [0.25, 0.3) is 0 Å². The summed E-state index contributed by atoms with van der Waals surface area (Å²) in [6.45, 7) is 0. The van der Waals surface area contributed by atoms with Crippen LogP contribution in [0.4, 0.5) is 0 Å². The van der Waals surface area contributed by atoms with E-state index in [2.05, 4.69) is 25.1 Å². The summed E-state index contributed by atoms with van der Waals surface area (Å²) in [5.74, 6) is 0. The Morgan fingerprint density at radius 3 is 1.75 bits per heavy atom. The zero-order valence-corrected chi connectivity index (χ0v) is 7.37. The molecule has 1 radical (unpaired) electrons. The molecular weight excluding hydrogens is 237 g/mol. The first-order valence-electron chi connectivity index (χ1n) is 0.441. The number of hydrogen-bond acceptors (Lipinski definition) is 0. The van der Waals surface area contributed by atoms with E-state index in [1.54, 1.807) is 0 Å². The van der Waals surface area contributed by atoms with E-state index in [0.717, 1.165) is 0 Å². The fourth-order valence-corrected chi connectivity index (χ4v) is 0. The van der Waals surface area contributed by atoms with Crippen LogP contribution < -0.4 is 0 Å². The molecule has 0 nitrogen and oxygen atoms in total. The van der Waals surface area contributed by atoms with Crippen molar-refractivity contribution in [2.45, 2.75) is 0 Å². The Morgan fingerprint density at radius 2 is 1.75 bits per heavy atom. The van der Waals surface area contributed by atoms with Gasteiger partial charge in [0.2, 0.25) is 0 Å². The van der Waals surface area contributed by atoms with Gasteiger partial charge in [-0.3, -0.25) is 0 Å². The van der Waals surface area contributed by atoms with Crippen LogP contribution in [-0.4, -0.2) is 0 Å². The molecule has 1 unspecified atom stereocenters. The molecule has 27 valence electrons. The van der Waals surface area contributed by atoms with Crippen LogP contribution in [0.3, 0.4) is 0 Å². The van der Waals surface area contributed by atoms with Gasteiger partial charge in [-0.1, -0.05) is 0 Å². The normalized spacial score (nSPS) is 3.25. The predicted molar refractivity (Wildman–Crippen MR) is 9.71 cm³/mol. The van der Waals surface area contributed by atoms with Gasteiger partial charge in [0.1, 0.15) is 0 Å². The van der Waals surface area contributed by atoms with E-state index < -0.39 is 0 Å². The molecule has 0 aliphatic rings. The molecule has 0 N–H and O–H groups in total. The third-order valence-electron chi connectivity index (χ3n) is 0. The van der Waals surface area contributed by atoms with Gasteiger partial charge in [0, 0.05) is 16.8 Å². The Morgan fingerprint density at radius 1 is 1.75 bits per heavy atom. The van der Waals surface area contributed by atoms with Gasteiger partial charge >= 0.3 is 38.2 Å². The number of hydrogen-bond donors (Lipinski definition) is 0. The van der Waals surface area contributed by atoms with Gasteiger partial charge in [-0.2, -0.15) is 0 Å². The summed E-state index contributed by atoms with van der Waals surface area (Å²) in [5, 5.41) is 0. The third-order valence-corrected chi connectivity index (χ3v) is 0. The summed E-state index contributed by atoms with van der Waals surface area (Å²) < 4.78 is 0. The van der Waals surface area contributed by atoms with Crippen molar-refractivity contribution in [1.29, 1.82) is 0 Å². The molecule has 0 fully saturated rings. The summed E-state index contributed by atoms with van der Waals surface area (Å²) in [6, 6.07) is 0. The van der Waals surface area contributed by atoms with Crippen LogP contribution in [0.15, 0.2) is 0 Å². The van der Waals surface area contributed by atoms with Crippen LogP contribution in [-0.2, 0) is 47.2 Å². The fraction of sp³-hybridized carbons (Fsp3) is 0. The summed E-state index contributed by atoms with van der Waals surface area (Å²) in [7, 11) is 2.68. The van der Waals surface area contributed by atoms with E-state index in [-0.39, 0.29) is 16.8 Å². The van der Waals surface area contributed by atoms with Gasteiger partial charge in [0.05, 0.1) is 0 Å². The van der Waals surface area contributed by atoms with Crippen molar-refractivity contribution in [2.75, 3.05) is 0 Å². The quantitative estimate of drug-likeness (QED) is 0.421. The standard InChI is InChI=1S/Co.Mo.H2P.V/h;;1H2;/q;;-1;+1. The molecule has 0 aromatic heterocycles. The average Bonchev–Trinajstić information content (AvgIpc) is 0.918. The minimum absolute atomic E-state index is 0. The molecule has 0 saturated heterocycles. The van der Waals surface area contributed by atoms with Gasteiger partial charge in [0.25, 0.3) is 0 Å². The van der Waals surface area contributed by atoms with Gasteiger partial charge < -0.3 is 0 Å². The summed E-state index contributed by atoms with van der Waals surface area (Å²) in [5.41, 5.74) is 0. The fourth-order valence-electron chi connectivity index (χ4n) is 0. The molecule has 4 heteroatoms.